The zero-order valence-corrected chi connectivity index (χ0v) is 11.5. The van der Waals surface area contributed by atoms with Crippen molar-refractivity contribution in [2.45, 2.75) is 24.3 Å². The number of benzene rings is 1. The molecular formula is C12H18ClNO2S. The highest BCUT2D eigenvalue weighted by atomic mass is 35.5. The summed E-state index contributed by atoms with van der Waals surface area (Å²) in [6.07, 6.45) is 0.661. The first-order valence-electron chi connectivity index (χ1n) is 5.63. The van der Waals surface area contributed by atoms with Crippen molar-refractivity contribution >= 4 is 22.4 Å². The van der Waals surface area contributed by atoms with E-state index >= 15 is 0 Å². The summed E-state index contributed by atoms with van der Waals surface area (Å²) in [5, 5.41) is 0.548. The van der Waals surface area contributed by atoms with Crippen LogP contribution in [0, 0.1) is 0 Å². The summed E-state index contributed by atoms with van der Waals surface area (Å²) in [6.45, 7) is 3.00. The van der Waals surface area contributed by atoms with Crippen LogP contribution in [0.4, 0.5) is 0 Å². The van der Waals surface area contributed by atoms with Gasteiger partial charge in [0.25, 0.3) is 0 Å². The maximum atomic E-state index is 12.0. The fraction of sp³-hybridized carbons (Fsp3) is 0.500. The molecule has 1 rings (SSSR count). The molecule has 0 bridgehead atoms. The Hall–Kier alpha value is -0.420. The molecule has 0 aliphatic carbocycles. The van der Waals surface area contributed by atoms with Gasteiger partial charge in [-0.15, -0.1) is 0 Å². The smallest absolute Gasteiger partial charge is 0.0706 e. The second-order valence-electron chi connectivity index (χ2n) is 3.58. The molecule has 0 fully saturated rings. The third-order valence-corrected chi connectivity index (χ3v) is 4.27. The average Bonchev–Trinajstić information content (AvgIpc) is 2.34. The van der Waals surface area contributed by atoms with Gasteiger partial charge in [-0.25, -0.2) is 0 Å². The van der Waals surface area contributed by atoms with Crippen molar-refractivity contribution in [2.24, 2.45) is 5.73 Å². The number of ether oxygens (including phenoxy) is 1. The van der Waals surface area contributed by atoms with Crippen LogP contribution < -0.4 is 5.73 Å². The summed E-state index contributed by atoms with van der Waals surface area (Å²) in [4.78, 5) is 0.682. The lowest BCUT2D eigenvalue weighted by atomic mass is 10.3. The Bertz CT molecular complexity index is 373. The van der Waals surface area contributed by atoms with Crippen molar-refractivity contribution in [1.29, 1.82) is 0 Å². The van der Waals surface area contributed by atoms with E-state index in [-0.39, 0.29) is 6.10 Å². The van der Waals surface area contributed by atoms with Gasteiger partial charge in [-0.3, -0.25) is 4.21 Å². The van der Waals surface area contributed by atoms with E-state index in [9.17, 15) is 4.21 Å². The Morgan fingerprint density at radius 3 is 2.76 bits per heavy atom. The molecule has 1 aromatic carbocycles. The number of nitrogens with two attached hydrogens (primary N) is 1. The van der Waals surface area contributed by atoms with Crippen LogP contribution in [0.15, 0.2) is 29.2 Å². The van der Waals surface area contributed by atoms with Crippen molar-refractivity contribution in [1.82, 2.24) is 0 Å². The number of hydrogen-bond acceptors (Lipinski definition) is 3. The first kappa shape index (κ1) is 14.6. The third kappa shape index (κ3) is 4.76. The summed E-state index contributed by atoms with van der Waals surface area (Å²) in [5.74, 6) is 0.519. The monoisotopic (exact) mass is 275 g/mol. The lowest BCUT2D eigenvalue weighted by Crippen LogP contribution is -2.25. The minimum atomic E-state index is -1.09. The topological polar surface area (TPSA) is 52.3 Å². The van der Waals surface area contributed by atoms with E-state index in [1.165, 1.54) is 0 Å². The van der Waals surface area contributed by atoms with E-state index in [2.05, 4.69) is 0 Å². The van der Waals surface area contributed by atoms with E-state index in [0.717, 1.165) is 0 Å². The van der Waals surface area contributed by atoms with Crippen LogP contribution in [0.25, 0.3) is 0 Å². The van der Waals surface area contributed by atoms with Crippen molar-refractivity contribution in [3.8, 4) is 0 Å². The molecule has 0 saturated carbocycles. The summed E-state index contributed by atoms with van der Waals surface area (Å²) in [6, 6.07) is 7.20. The zero-order chi connectivity index (χ0) is 12.7. The normalized spacial score (nSPS) is 14.5. The number of halogens is 1. The van der Waals surface area contributed by atoms with Gasteiger partial charge in [0.15, 0.2) is 0 Å². The molecule has 2 N–H and O–H groups in total. The summed E-state index contributed by atoms with van der Waals surface area (Å²) < 4.78 is 17.4. The Balaban J connectivity index is 2.52. The van der Waals surface area contributed by atoms with Crippen LogP contribution in [-0.2, 0) is 15.5 Å². The molecule has 96 valence electrons. The molecule has 0 aromatic heterocycles. The van der Waals surface area contributed by atoms with Crippen molar-refractivity contribution in [2.75, 3.05) is 18.9 Å². The first-order chi connectivity index (χ1) is 8.19. The summed E-state index contributed by atoms with van der Waals surface area (Å²) >= 11 is 5.98. The van der Waals surface area contributed by atoms with Gasteiger partial charge in [-0.05, 0) is 25.5 Å². The number of hydrogen-bond donors (Lipinski definition) is 1. The molecule has 2 atom stereocenters. The highest BCUT2D eigenvalue weighted by molar-refractivity contribution is 7.85. The van der Waals surface area contributed by atoms with Crippen LogP contribution in [0.5, 0.6) is 0 Å². The number of rotatable bonds is 7. The van der Waals surface area contributed by atoms with Gasteiger partial charge in [0.1, 0.15) is 0 Å². The zero-order valence-electron chi connectivity index (χ0n) is 9.90. The second-order valence-corrected chi connectivity index (χ2v) is 5.53. The minimum absolute atomic E-state index is 0.0218. The van der Waals surface area contributed by atoms with Crippen molar-refractivity contribution in [3.63, 3.8) is 0 Å². The predicted molar refractivity (Wildman–Crippen MR) is 71.8 cm³/mol. The standard InChI is InChI=1S/C12H18ClNO2S/c1-2-16-10(9-14)7-8-17(15)12-6-4-3-5-11(12)13/h3-6,10H,2,7-9,14H2,1H3. The molecule has 2 unspecified atom stereocenters. The van der Waals surface area contributed by atoms with Crippen LogP contribution in [-0.4, -0.2) is 29.2 Å². The quantitative estimate of drug-likeness (QED) is 0.830. The molecule has 1 aromatic rings. The van der Waals surface area contributed by atoms with E-state index in [1.54, 1.807) is 12.1 Å². The van der Waals surface area contributed by atoms with Crippen LogP contribution in [0.3, 0.4) is 0 Å². The van der Waals surface area contributed by atoms with Gasteiger partial charge >= 0.3 is 0 Å². The third-order valence-electron chi connectivity index (χ3n) is 2.37. The molecular weight excluding hydrogens is 258 g/mol. The largest absolute Gasteiger partial charge is 0.377 e. The maximum Gasteiger partial charge on any atom is 0.0706 e. The van der Waals surface area contributed by atoms with E-state index < -0.39 is 10.8 Å². The Kier molecular flexibility index (Phi) is 6.73. The highest BCUT2D eigenvalue weighted by Crippen LogP contribution is 2.19. The van der Waals surface area contributed by atoms with Crippen LogP contribution in [0.2, 0.25) is 5.02 Å². The predicted octanol–water partition coefficient (Wildman–Crippen LogP) is 2.20. The average molecular weight is 276 g/mol. The Morgan fingerprint density at radius 1 is 1.47 bits per heavy atom. The fourth-order valence-corrected chi connectivity index (χ4v) is 3.09. The summed E-state index contributed by atoms with van der Waals surface area (Å²) in [7, 11) is -1.09. The summed E-state index contributed by atoms with van der Waals surface area (Å²) in [5.41, 5.74) is 5.56. The molecule has 0 aliphatic rings. The van der Waals surface area contributed by atoms with Crippen molar-refractivity contribution < 1.29 is 8.95 Å². The molecule has 3 nitrogen and oxygen atoms in total. The Labute approximate surface area is 110 Å². The minimum Gasteiger partial charge on any atom is -0.377 e. The van der Waals surface area contributed by atoms with E-state index in [1.807, 2.05) is 19.1 Å². The lowest BCUT2D eigenvalue weighted by Gasteiger charge is -2.14. The van der Waals surface area contributed by atoms with Gasteiger partial charge in [-0.1, -0.05) is 23.7 Å². The molecule has 5 heteroatoms. The SMILES string of the molecule is CCOC(CN)CCS(=O)c1ccccc1Cl. The fourth-order valence-electron chi connectivity index (χ4n) is 1.48. The van der Waals surface area contributed by atoms with Gasteiger partial charge in [0, 0.05) is 18.9 Å². The van der Waals surface area contributed by atoms with Crippen LogP contribution in [0.1, 0.15) is 13.3 Å². The molecule has 0 spiro atoms. The maximum absolute atomic E-state index is 12.0. The Morgan fingerprint density at radius 2 is 2.18 bits per heavy atom. The molecule has 0 amide bonds. The van der Waals surface area contributed by atoms with E-state index in [4.69, 9.17) is 22.1 Å². The van der Waals surface area contributed by atoms with E-state index in [0.29, 0.717) is 35.2 Å². The van der Waals surface area contributed by atoms with Gasteiger partial charge in [0.05, 0.1) is 26.8 Å². The molecule has 0 heterocycles. The van der Waals surface area contributed by atoms with Crippen molar-refractivity contribution in [3.05, 3.63) is 29.3 Å². The molecule has 17 heavy (non-hydrogen) atoms. The second kappa shape index (κ2) is 7.82. The first-order valence-corrected chi connectivity index (χ1v) is 7.33. The molecule has 0 radical (unpaired) electrons. The van der Waals surface area contributed by atoms with Gasteiger partial charge < -0.3 is 10.5 Å². The lowest BCUT2D eigenvalue weighted by molar-refractivity contribution is 0.0672. The highest BCUT2D eigenvalue weighted by Gasteiger charge is 2.12. The van der Waals surface area contributed by atoms with Gasteiger partial charge in [-0.2, -0.15) is 0 Å². The van der Waals surface area contributed by atoms with Gasteiger partial charge in [0.2, 0.25) is 0 Å². The molecule has 0 aliphatic heterocycles. The van der Waals surface area contributed by atoms with Crippen LogP contribution >= 0.6 is 11.6 Å². The molecule has 0 saturated heterocycles.